The number of imide groups is 2. The Labute approximate surface area is 350 Å². The molecule has 0 spiro atoms. The van der Waals surface area contributed by atoms with Gasteiger partial charge in [0.1, 0.15) is 11.0 Å². The van der Waals surface area contributed by atoms with Crippen LogP contribution in [0.2, 0.25) is 0 Å². The summed E-state index contributed by atoms with van der Waals surface area (Å²) < 4.78 is 49.5. The van der Waals surface area contributed by atoms with Crippen molar-refractivity contribution < 1.29 is 46.4 Å². The predicted molar refractivity (Wildman–Crippen MR) is 214 cm³/mol. The quantitative estimate of drug-likeness (QED) is 0.0984. The van der Waals surface area contributed by atoms with Gasteiger partial charge in [-0.25, -0.2) is 4.98 Å². The van der Waals surface area contributed by atoms with Crippen LogP contribution in [0.3, 0.4) is 0 Å². The van der Waals surface area contributed by atoms with Crippen LogP contribution in [0.5, 0.6) is 0 Å². The summed E-state index contributed by atoms with van der Waals surface area (Å²) in [6.07, 6.45) is -3.32. The summed E-state index contributed by atoms with van der Waals surface area (Å²) in [5.74, 6) is -4.43. The van der Waals surface area contributed by atoms with E-state index in [9.17, 15) is 37.1 Å². The van der Waals surface area contributed by atoms with E-state index in [2.05, 4.69) is 35.5 Å². The smallest absolute Gasteiger partial charge is 0.382 e. The maximum Gasteiger partial charge on any atom is 0.471 e. The number of fused-ring (bicyclic) bond motifs is 1. The lowest BCUT2D eigenvalue weighted by molar-refractivity contribution is -0.159. The molecule has 2 fully saturated rings. The molecule has 3 aromatic carbocycles. The minimum absolute atomic E-state index is 0.0362. The lowest BCUT2D eigenvalue weighted by atomic mass is 9.78. The number of nitrogens with zero attached hydrogens (tertiary/aromatic N) is 5. The van der Waals surface area contributed by atoms with E-state index in [1.165, 1.54) is 23.5 Å². The number of aromatic nitrogens is 3. The number of anilines is 1. The first-order chi connectivity index (χ1) is 29.4. The monoisotopic (exact) mass is 856 g/mol. The molecule has 5 amide bonds. The molecule has 2 saturated heterocycles. The van der Waals surface area contributed by atoms with Crippen LogP contribution in [-0.4, -0.2) is 106 Å². The average molecular weight is 857 g/mol. The van der Waals surface area contributed by atoms with Gasteiger partial charge in [0.25, 0.3) is 17.7 Å². The largest absolute Gasteiger partial charge is 0.471 e. The first-order valence-electron chi connectivity index (χ1n) is 19.6. The van der Waals surface area contributed by atoms with Gasteiger partial charge in [-0.15, -0.1) is 11.3 Å². The Bertz CT molecular complexity index is 2470. The van der Waals surface area contributed by atoms with Gasteiger partial charge in [0.2, 0.25) is 17.6 Å². The van der Waals surface area contributed by atoms with E-state index in [4.69, 9.17) is 9.72 Å². The Morgan fingerprint density at radius 1 is 0.951 bits per heavy atom. The van der Waals surface area contributed by atoms with E-state index in [0.717, 1.165) is 21.2 Å². The van der Waals surface area contributed by atoms with E-state index < -0.39 is 53.1 Å². The highest BCUT2D eigenvalue weighted by atomic mass is 32.1. The average Bonchev–Trinajstić information content (AvgIpc) is 4.03. The van der Waals surface area contributed by atoms with E-state index >= 15 is 0 Å². The molecule has 61 heavy (non-hydrogen) atoms. The number of rotatable bonds is 14. The molecule has 0 aliphatic carbocycles. The zero-order valence-electron chi connectivity index (χ0n) is 32.5. The van der Waals surface area contributed by atoms with Crippen LogP contribution in [0.15, 0.2) is 82.7 Å². The Morgan fingerprint density at radius 2 is 1.72 bits per heavy atom. The maximum atomic E-state index is 13.5. The normalized spacial score (nSPS) is 18.0. The Morgan fingerprint density at radius 3 is 2.48 bits per heavy atom. The number of carbonyl (C=O) groups is 5. The number of alkyl halides is 3. The van der Waals surface area contributed by atoms with Crippen LogP contribution in [0.1, 0.15) is 67.7 Å². The number of halogens is 3. The molecule has 5 aromatic rings. The number of thiazole rings is 1. The second-order valence-corrected chi connectivity index (χ2v) is 15.8. The van der Waals surface area contributed by atoms with Gasteiger partial charge in [-0.2, -0.15) is 18.2 Å². The minimum Gasteiger partial charge on any atom is -0.382 e. The molecule has 0 radical (unpaired) electrons. The standard InChI is InChI=1S/C42H39F3N8O7S/c43-42(44,45)39-50-34(51-60-39)26-8-4-9-27(22-26)35(55)47-24-41(40-48-30(23-61-40)25-6-2-1-3-7-25)14-17-52(18-15-41)19-21-59-20-16-46-29-11-5-10-28-33(29)38(58)53(37(28)57)31-12-13-32(54)49-36(31)56/h1-11,22-23,31,46H,12-21,24H2,(H,47,55)(H,49,54,56). The number of ether oxygens (including phenoxy) is 1. The van der Waals surface area contributed by atoms with Crippen molar-refractivity contribution in [1.29, 1.82) is 0 Å². The zero-order valence-corrected chi connectivity index (χ0v) is 33.3. The summed E-state index contributed by atoms with van der Waals surface area (Å²) in [4.78, 5) is 75.9. The van der Waals surface area contributed by atoms with Gasteiger partial charge in [0.15, 0.2) is 0 Å². The Balaban J connectivity index is 0.861. The van der Waals surface area contributed by atoms with Crippen LogP contribution in [0.25, 0.3) is 22.6 Å². The van der Waals surface area contributed by atoms with Crippen molar-refractivity contribution in [1.82, 2.24) is 35.6 Å². The van der Waals surface area contributed by atoms with Crippen molar-refractivity contribution in [2.24, 2.45) is 0 Å². The highest BCUT2D eigenvalue weighted by molar-refractivity contribution is 7.10. The summed E-state index contributed by atoms with van der Waals surface area (Å²) in [5.41, 5.74) is 2.57. The fourth-order valence-corrected chi connectivity index (χ4v) is 8.84. The van der Waals surface area contributed by atoms with Gasteiger partial charge in [-0.3, -0.25) is 34.2 Å². The second-order valence-electron chi connectivity index (χ2n) is 14.9. The molecule has 316 valence electrons. The number of nitrogens with one attached hydrogen (secondary N) is 3. The maximum absolute atomic E-state index is 13.5. The molecule has 2 aromatic heterocycles. The second kappa shape index (κ2) is 17.3. The third-order valence-electron chi connectivity index (χ3n) is 11.1. The van der Waals surface area contributed by atoms with Gasteiger partial charge in [-0.1, -0.05) is 53.7 Å². The lowest BCUT2D eigenvalue weighted by Crippen LogP contribution is -2.54. The number of hydrogen-bond donors (Lipinski definition) is 3. The first-order valence-corrected chi connectivity index (χ1v) is 20.5. The Hall–Kier alpha value is -6.31. The van der Waals surface area contributed by atoms with Gasteiger partial charge in [-0.05, 0) is 56.6 Å². The van der Waals surface area contributed by atoms with E-state index in [1.807, 2.05) is 35.7 Å². The third kappa shape index (κ3) is 8.80. The van der Waals surface area contributed by atoms with Crippen molar-refractivity contribution in [3.63, 3.8) is 0 Å². The molecule has 1 atom stereocenters. The summed E-state index contributed by atoms with van der Waals surface area (Å²) in [6.45, 7) is 3.39. The number of likely N-dealkylation sites (tertiary alicyclic amines) is 1. The van der Waals surface area contributed by atoms with E-state index in [-0.39, 0.29) is 47.5 Å². The van der Waals surface area contributed by atoms with Gasteiger partial charge in [0.05, 0.1) is 30.0 Å². The van der Waals surface area contributed by atoms with E-state index in [0.29, 0.717) is 57.9 Å². The minimum atomic E-state index is -4.80. The molecular formula is C42H39F3N8O7S. The fraction of sp³-hybridized carbons (Fsp3) is 0.333. The van der Waals surface area contributed by atoms with E-state index in [1.54, 1.807) is 30.3 Å². The van der Waals surface area contributed by atoms with Crippen molar-refractivity contribution >= 4 is 46.6 Å². The third-order valence-corrected chi connectivity index (χ3v) is 12.1. The molecule has 3 aliphatic rings. The topological polar surface area (TPSA) is 189 Å². The van der Waals surface area contributed by atoms with Crippen molar-refractivity contribution in [3.8, 4) is 22.6 Å². The molecule has 8 rings (SSSR count). The molecule has 19 heteroatoms. The SMILES string of the molecule is O=C1CCC(N2C(=O)c3cccc(NCCOCCN4CCC(CNC(=O)c5cccc(-c6noc(C(F)(F)F)n6)c5)(c5nc(-c6ccccc6)cs5)CC4)c3C2=O)C(=O)N1. The molecule has 0 saturated carbocycles. The van der Waals surface area contributed by atoms with Crippen LogP contribution < -0.4 is 16.0 Å². The van der Waals surface area contributed by atoms with Gasteiger partial charge >= 0.3 is 12.1 Å². The lowest BCUT2D eigenvalue weighted by Gasteiger charge is -2.40. The van der Waals surface area contributed by atoms with Crippen molar-refractivity contribution in [2.45, 2.75) is 43.3 Å². The van der Waals surface area contributed by atoms with Crippen LogP contribution >= 0.6 is 11.3 Å². The fourth-order valence-electron chi connectivity index (χ4n) is 7.75. The predicted octanol–water partition coefficient (Wildman–Crippen LogP) is 5.17. The summed E-state index contributed by atoms with van der Waals surface area (Å²) >= 11 is 1.54. The molecule has 3 aliphatic heterocycles. The summed E-state index contributed by atoms with van der Waals surface area (Å²) in [6, 6.07) is 19.7. The van der Waals surface area contributed by atoms with Crippen molar-refractivity contribution in [3.05, 3.63) is 106 Å². The highest BCUT2D eigenvalue weighted by Gasteiger charge is 2.46. The number of hydrogen-bond acceptors (Lipinski definition) is 13. The molecule has 1 unspecified atom stereocenters. The number of amides is 5. The van der Waals surface area contributed by atoms with Gasteiger partial charge < -0.3 is 24.8 Å². The van der Waals surface area contributed by atoms with Crippen LogP contribution in [-0.2, 0) is 25.9 Å². The number of piperidine rings is 2. The van der Waals surface area contributed by atoms with Crippen molar-refractivity contribution in [2.75, 3.05) is 51.3 Å². The first kappa shape index (κ1) is 41.4. The molecule has 0 bridgehead atoms. The summed E-state index contributed by atoms with van der Waals surface area (Å²) in [7, 11) is 0. The molecule has 3 N–H and O–H groups in total. The summed E-state index contributed by atoms with van der Waals surface area (Å²) in [5, 5.41) is 14.8. The Kier molecular flexibility index (Phi) is 11.8. The van der Waals surface area contributed by atoms with Crippen LogP contribution in [0.4, 0.5) is 18.9 Å². The number of benzene rings is 3. The highest BCUT2D eigenvalue weighted by Crippen LogP contribution is 2.39. The molecular weight excluding hydrogens is 818 g/mol. The molecule has 5 heterocycles. The van der Waals surface area contributed by atoms with Gasteiger partial charge in [0, 0.05) is 59.2 Å². The zero-order chi connectivity index (χ0) is 42.7. The van der Waals surface area contributed by atoms with Crippen LogP contribution in [0, 0.1) is 0 Å². The molecule has 15 nitrogen and oxygen atoms in total. The number of carbonyl (C=O) groups excluding carboxylic acids is 5.